The first kappa shape index (κ1) is 27.6. The van der Waals surface area contributed by atoms with Gasteiger partial charge in [-0.2, -0.15) is 0 Å². The summed E-state index contributed by atoms with van der Waals surface area (Å²) in [5, 5.41) is 7.57. The van der Waals surface area contributed by atoms with E-state index in [9.17, 15) is 37.8 Å². The monoisotopic (exact) mass is 518 g/mol. The maximum absolute atomic E-state index is 9.29. The molecule has 0 amide bonds. The summed E-state index contributed by atoms with van der Waals surface area (Å²) >= 11 is 0. The van der Waals surface area contributed by atoms with Gasteiger partial charge in [0.2, 0.25) is 0 Å². The zero-order chi connectivity index (χ0) is 14.4. The predicted molar refractivity (Wildman–Crippen MR) is 50.9 cm³/mol. The Morgan fingerprint density at radius 1 is 0.833 bits per heavy atom. The average Bonchev–Trinajstić information content (AvgIpc) is 1.99. The van der Waals surface area contributed by atoms with Gasteiger partial charge in [-0.15, -0.1) is 0 Å². The quantitative estimate of drug-likeness (QED) is 0.372. The van der Waals surface area contributed by atoms with Crippen molar-refractivity contribution in [3.05, 3.63) is 0 Å². The Kier molecular flexibility index (Phi) is 31.7. The van der Waals surface area contributed by atoms with Crippen LogP contribution in [-0.2, 0) is 47.9 Å². The van der Waals surface area contributed by atoms with Crippen LogP contribution < -0.4 is 19.6 Å². The van der Waals surface area contributed by atoms with Crippen molar-refractivity contribution in [2.24, 2.45) is 0 Å². The molecule has 4 atom stereocenters. The van der Waals surface area contributed by atoms with Gasteiger partial charge in [-0.25, -0.2) is 0 Å². The Hall–Kier alpha value is 1.33. The van der Waals surface area contributed by atoms with E-state index in [0.29, 0.717) is 0 Å². The molecular weight excluding hydrogens is 508 g/mol. The van der Waals surface area contributed by atoms with Crippen molar-refractivity contribution in [2.75, 3.05) is 6.61 Å². The van der Waals surface area contributed by atoms with E-state index in [1.54, 1.807) is 6.92 Å². The summed E-state index contributed by atoms with van der Waals surface area (Å²) in [6.07, 6.45) is 0. The smallest absolute Gasteiger partial charge is 0.781 e. The fraction of sp³-hybridized carbons (Fsp3) is 1.00. The van der Waals surface area contributed by atoms with Gasteiger partial charge in [0.15, 0.2) is 0 Å². The van der Waals surface area contributed by atoms with Crippen molar-refractivity contribution >= 4 is 33.0 Å². The van der Waals surface area contributed by atoms with Gasteiger partial charge in [-0.3, -0.25) is 8.62 Å². The molecule has 11 nitrogen and oxygen atoms in total. The number of aliphatic hydroxyl groups is 1. The third-order valence-corrected chi connectivity index (χ3v) is 3.00. The van der Waals surface area contributed by atoms with E-state index in [4.69, 9.17) is 5.11 Å². The van der Waals surface area contributed by atoms with Crippen LogP contribution in [0.1, 0.15) is 6.92 Å². The molecule has 0 saturated carbocycles. The molecule has 0 aliphatic rings. The Bertz CT molecular complexity index is 218. The first-order valence-corrected chi connectivity index (χ1v) is 8.37. The molecule has 0 spiro atoms. The van der Waals surface area contributed by atoms with E-state index in [1.807, 2.05) is 0 Å². The standard InChI is InChI=1S/C2H6O.2H4O5P2.W/c1-2-3;2*1-6(2)5-7(3)4;/h3H,2H2,1H3;2*6-7H,(H,1,2)(H,3,4);/q;;;+4/p-4. The summed E-state index contributed by atoms with van der Waals surface area (Å²) in [5.74, 6) is 0. The fourth-order valence-corrected chi connectivity index (χ4v) is 1.22. The summed E-state index contributed by atoms with van der Waals surface area (Å²) in [6, 6.07) is 0. The minimum atomic E-state index is -3.51. The van der Waals surface area contributed by atoms with Crippen molar-refractivity contribution in [2.45, 2.75) is 6.92 Å². The Morgan fingerprint density at radius 2 is 0.944 bits per heavy atom. The second-order valence-corrected chi connectivity index (χ2v) is 5.15. The molecule has 0 aromatic rings. The van der Waals surface area contributed by atoms with Crippen LogP contribution in [0.15, 0.2) is 0 Å². The normalized spacial score (nSPS) is 15.4. The SMILES string of the molecule is CCO.O=[PH]([O-])O[PH](=O)[O-].O=[PH]([O-])O[PH](=O)[O-].[W+4]. The average molecular weight is 518 g/mol. The zero-order valence-electron chi connectivity index (χ0n) is 8.65. The molecule has 0 saturated heterocycles. The van der Waals surface area contributed by atoms with E-state index < -0.39 is 33.0 Å². The second kappa shape index (κ2) is 20.6. The summed E-state index contributed by atoms with van der Waals surface area (Å²) < 4.78 is 43.6. The summed E-state index contributed by atoms with van der Waals surface area (Å²) in [6.45, 7) is 1.93. The maximum Gasteiger partial charge on any atom is 4.00 e. The summed E-state index contributed by atoms with van der Waals surface area (Å²) in [7, 11) is -14.1. The minimum absolute atomic E-state index is 0. The van der Waals surface area contributed by atoms with Gasteiger partial charge in [-0.05, 0) is 6.92 Å². The van der Waals surface area contributed by atoms with Crippen molar-refractivity contribution in [1.82, 2.24) is 0 Å². The predicted octanol–water partition coefficient (Wildman–Crippen LogP) is -3.00. The molecule has 18 heavy (non-hydrogen) atoms. The van der Waals surface area contributed by atoms with E-state index in [0.717, 1.165) is 0 Å². The van der Waals surface area contributed by atoms with Crippen molar-refractivity contribution < 1.29 is 72.6 Å². The van der Waals surface area contributed by atoms with Gasteiger partial charge in [0.05, 0.1) is 0 Å². The molecule has 0 fully saturated rings. The Morgan fingerprint density at radius 3 is 0.944 bits per heavy atom. The Labute approximate surface area is 119 Å². The molecule has 0 radical (unpaired) electrons. The maximum atomic E-state index is 9.29. The molecule has 1 N–H and O–H groups in total. The van der Waals surface area contributed by atoms with Crippen LogP contribution in [-0.4, -0.2) is 11.7 Å². The number of aliphatic hydroxyl groups excluding tert-OH is 1. The van der Waals surface area contributed by atoms with Gasteiger partial charge in [-0.1, -0.05) is 0 Å². The molecule has 0 aromatic carbocycles. The first-order valence-electron chi connectivity index (χ1n) is 3.47. The largest absolute Gasteiger partial charge is 4.00 e. The van der Waals surface area contributed by atoms with Gasteiger partial charge < -0.3 is 42.9 Å². The second-order valence-electron chi connectivity index (χ2n) is 1.52. The van der Waals surface area contributed by atoms with Gasteiger partial charge in [0, 0.05) is 6.61 Å². The molecule has 0 aliphatic carbocycles. The molecule has 0 bridgehead atoms. The van der Waals surface area contributed by atoms with E-state index in [-0.39, 0.29) is 27.7 Å². The van der Waals surface area contributed by atoms with Crippen LogP contribution in [0, 0.1) is 0 Å². The van der Waals surface area contributed by atoms with Gasteiger partial charge in [0.25, 0.3) is 0 Å². The van der Waals surface area contributed by atoms with Crippen LogP contribution >= 0.6 is 33.0 Å². The van der Waals surface area contributed by atoms with E-state index in [2.05, 4.69) is 8.62 Å². The molecule has 0 heterocycles. The molecule has 16 heteroatoms. The minimum Gasteiger partial charge on any atom is -0.781 e. The number of hydrogen-bond acceptors (Lipinski definition) is 11. The number of rotatable bonds is 4. The Balaban J connectivity index is -0.0000000857. The summed E-state index contributed by atoms with van der Waals surface area (Å²) in [4.78, 5) is 37.1. The van der Waals surface area contributed by atoms with Gasteiger partial charge in [0.1, 0.15) is 33.0 Å². The fourth-order valence-electron chi connectivity index (χ4n) is 0.136. The van der Waals surface area contributed by atoms with E-state index in [1.165, 1.54) is 0 Å². The molecular formula is C2H10O11P4W. The molecule has 0 aromatic heterocycles. The van der Waals surface area contributed by atoms with Crippen LogP contribution in [0.3, 0.4) is 0 Å². The van der Waals surface area contributed by atoms with Crippen LogP contribution in [0.2, 0.25) is 0 Å². The molecule has 0 aliphatic heterocycles. The topological polar surface area (TPSA) is 199 Å². The van der Waals surface area contributed by atoms with Crippen LogP contribution in [0.4, 0.5) is 0 Å². The summed E-state index contributed by atoms with van der Waals surface area (Å²) in [5.41, 5.74) is 0. The molecule has 0 rings (SSSR count). The first-order chi connectivity index (χ1) is 7.67. The molecule has 4 unspecified atom stereocenters. The third kappa shape index (κ3) is 53.1. The zero-order valence-corrected chi connectivity index (χ0v) is 15.6. The van der Waals surface area contributed by atoms with Gasteiger partial charge >= 0.3 is 21.1 Å². The number of hydrogen-bond donors (Lipinski definition) is 1. The van der Waals surface area contributed by atoms with Crippen LogP contribution in [0.5, 0.6) is 0 Å². The molecule has 110 valence electrons. The third-order valence-electron chi connectivity index (χ3n) is 0.333. The van der Waals surface area contributed by atoms with E-state index >= 15 is 0 Å². The van der Waals surface area contributed by atoms with Crippen molar-refractivity contribution in [3.63, 3.8) is 0 Å². The van der Waals surface area contributed by atoms with Crippen molar-refractivity contribution in [3.8, 4) is 0 Å². The van der Waals surface area contributed by atoms with Crippen molar-refractivity contribution in [1.29, 1.82) is 0 Å². The van der Waals surface area contributed by atoms with Crippen LogP contribution in [0.25, 0.3) is 0 Å².